The third-order valence-electron chi connectivity index (χ3n) is 5.94. The van der Waals surface area contributed by atoms with Gasteiger partial charge in [-0.15, -0.1) is 0 Å². The van der Waals surface area contributed by atoms with Gasteiger partial charge in [0.25, 0.3) is 0 Å². The molecule has 0 radical (unpaired) electrons. The summed E-state index contributed by atoms with van der Waals surface area (Å²) in [5.41, 5.74) is 2.28. The first kappa shape index (κ1) is 23.8. The van der Waals surface area contributed by atoms with Crippen molar-refractivity contribution in [2.75, 3.05) is 26.2 Å². The van der Waals surface area contributed by atoms with Gasteiger partial charge in [0.2, 0.25) is 0 Å². The number of nitriles is 1. The molecule has 2 aromatic rings. The Morgan fingerprint density at radius 2 is 1.97 bits per heavy atom. The second kappa shape index (κ2) is 11.7. The zero-order valence-corrected chi connectivity index (χ0v) is 19.4. The maximum absolute atomic E-state index is 12.7. The van der Waals surface area contributed by atoms with Crippen molar-refractivity contribution in [1.29, 1.82) is 5.26 Å². The third kappa shape index (κ3) is 6.58. The highest BCUT2D eigenvalue weighted by Gasteiger charge is 2.33. The first-order valence-corrected chi connectivity index (χ1v) is 11.6. The summed E-state index contributed by atoms with van der Waals surface area (Å²) in [6.45, 7) is 8.35. The first-order chi connectivity index (χ1) is 15.5. The lowest BCUT2D eigenvalue weighted by Crippen LogP contribution is -2.43. The summed E-state index contributed by atoms with van der Waals surface area (Å²) in [6, 6.07) is 20.7. The van der Waals surface area contributed by atoms with Crippen LogP contribution in [0.25, 0.3) is 0 Å². The SMILES string of the molecule is CCOC(=O)[C@H](Cc1ccccc1)CN1CCC(c2cccc(OC(C)C)c2)C(C#N)C1. The molecular formula is C27H34N2O3. The minimum Gasteiger partial charge on any atom is -0.491 e. The van der Waals surface area contributed by atoms with Gasteiger partial charge in [-0.2, -0.15) is 5.26 Å². The van der Waals surface area contributed by atoms with Gasteiger partial charge in [-0.25, -0.2) is 0 Å². The molecule has 0 aromatic heterocycles. The normalized spacial score (nSPS) is 19.8. The predicted molar refractivity (Wildman–Crippen MR) is 125 cm³/mol. The van der Waals surface area contributed by atoms with E-state index >= 15 is 0 Å². The van der Waals surface area contributed by atoms with Crippen molar-refractivity contribution in [2.45, 2.75) is 45.6 Å². The Hall–Kier alpha value is -2.84. The van der Waals surface area contributed by atoms with E-state index in [1.54, 1.807) is 0 Å². The fourth-order valence-electron chi connectivity index (χ4n) is 4.50. The Morgan fingerprint density at radius 3 is 2.66 bits per heavy atom. The summed E-state index contributed by atoms with van der Waals surface area (Å²) < 4.78 is 11.2. The smallest absolute Gasteiger partial charge is 0.310 e. The summed E-state index contributed by atoms with van der Waals surface area (Å²) >= 11 is 0. The van der Waals surface area contributed by atoms with Gasteiger partial charge in [-0.1, -0.05) is 42.5 Å². The number of esters is 1. The first-order valence-electron chi connectivity index (χ1n) is 11.6. The molecule has 0 bridgehead atoms. The molecule has 2 unspecified atom stereocenters. The number of benzene rings is 2. The van der Waals surface area contributed by atoms with E-state index in [9.17, 15) is 10.1 Å². The van der Waals surface area contributed by atoms with E-state index in [0.717, 1.165) is 29.8 Å². The van der Waals surface area contributed by atoms with Crippen LogP contribution in [0.4, 0.5) is 0 Å². The lowest BCUT2D eigenvalue weighted by atomic mass is 9.81. The van der Waals surface area contributed by atoms with Crippen LogP contribution in [0.1, 0.15) is 44.2 Å². The van der Waals surface area contributed by atoms with E-state index in [1.807, 2.05) is 63.2 Å². The lowest BCUT2D eigenvalue weighted by molar-refractivity contribution is -0.148. The average molecular weight is 435 g/mol. The third-order valence-corrected chi connectivity index (χ3v) is 5.94. The van der Waals surface area contributed by atoms with Gasteiger partial charge in [0.1, 0.15) is 5.75 Å². The molecule has 3 atom stereocenters. The molecule has 5 heteroatoms. The molecule has 170 valence electrons. The largest absolute Gasteiger partial charge is 0.491 e. The van der Waals surface area contributed by atoms with E-state index in [4.69, 9.17) is 9.47 Å². The van der Waals surface area contributed by atoms with Gasteiger partial charge in [0.05, 0.1) is 30.6 Å². The Kier molecular flexibility index (Phi) is 8.70. The number of piperidine rings is 1. The van der Waals surface area contributed by atoms with Crippen LogP contribution in [-0.2, 0) is 16.0 Å². The molecule has 1 aliphatic rings. The molecule has 0 N–H and O–H groups in total. The lowest BCUT2D eigenvalue weighted by Gasteiger charge is -2.37. The molecule has 5 nitrogen and oxygen atoms in total. The molecule has 1 heterocycles. The van der Waals surface area contributed by atoms with Gasteiger partial charge < -0.3 is 14.4 Å². The van der Waals surface area contributed by atoms with Gasteiger partial charge >= 0.3 is 5.97 Å². The van der Waals surface area contributed by atoms with Gasteiger partial charge in [0, 0.05) is 19.0 Å². The van der Waals surface area contributed by atoms with Crippen LogP contribution in [0.3, 0.4) is 0 Å². The minimum absolute atomic E-state index is 0.114. The number of carbonyl (C=O) groups is 1. The Balaban J connectivity index is 1.69. The molecule has 3 rings (SSSR count). The van der Waals surface area contributed by atoms with E-state index < -0.39 is 0 Å². The van der Waals surface area contributed by atoms with Crippen LogP contribution in [0, 0.1) is 23.2 Å². The van der Waals surface area contributed by atoms with Gasteiger partial charge in [-0.3, -0.25) is 4.79 Å². The Morgan fingerprint density at radius 1 is 1.19 bits per heavy atom. The molecule has 0 amide bonds. The predicted octanol–water partition coefficient (Wildman–Crippen LogP) is 4.82. The molecular weight excluding hydrogens is 400 g/mol. The van der Waals surface area contributed by atoms with E-state index in [-0.39, 0.29) is 29.8 Å². The number of rotatable bonds is 9. The summed E-state index contributed by atoms with van der Waals surface area (Å²) in [7, 11) is 0. The summed E-state index contributed by atoms with van der Waals surface area (Å²) in [5, 5.41) is 9.92. The fraction of sp³-hybridized carbons (Fsp3) is 0.481. The topological polar surface area (TPSA) is 62.6 Å². The highest BCUT2D eigenvalue weighted by molar-refractivity contribution is 5.73. The van der Waals surface area contributed by atoms with Crippen LogP contribution in [0.15, 0.2) is 54.6 Å². The Labute approximate surface area is 191 Å². The molecule has 0 aliphatic carbocycles. The van der Waals surface area contributed by atoms with E-state index in [1.165, 1.54) is 0 Å². The Bertz CT molecular complexity index is 907. The fourth-order valence-corrected chi connectivity index (χ4v) is 4.50. The van der Waals surface area contributed by atoms with Crippen molar-refractivity contribution in [1.82, 2.24) is 4.90 Å². The zero-order valence-electron chi connectivity index (χ0n) is 19.4. The van der Waals surface area contributed by atoms with Crippen LogP contribution in [-0.4, -0.2) is 43.2 Å². The average Bonchev–Trinajstić information content (AvgIpc) is 2.79. The van der Waals surface area contributed by atoms with Crippen LogP contribution < -0.4 is 4.74 Å². The minimum atomic E-state index is -0.240. The maximum atomic E-state index is 12.7. The monoisotopic (exact) mass is 434 g/mol. The number of nitrogens with zero attached hydrogens (tertiary/aromatic N) is 2. The molecule has 2 aromatic carbocycles. The van der Waals surface area contributed by atoms with Crippen molar-refractivity contribution < 1.29 is 14.3 Å². The number of hydrogen-bond acceptors (Lipinski definition) is 5. The van der Waals surface area contributed by atoms with Crippen molar-refractivity contribution in [2.24, 2.45) is 11.8 Å². The molecule has 1 aliphatic heterocycles. The standard InChI is InChI=1S/C27H34N2O3/c1-4-31-27(30)23(15-21-9-6-5-7-10-21)18-29-14-13-26(24(17-28)19-29)22-11-8-12-25(16-22)32-20(2)3/h5-12,16,20,23-24,26H,4,13-15,18-19H2,1-3H3/t23-,24?,26?/m1/s1. The maximum Gasteiger partial charge on any atom is 0.310 e. The summed E-state index contributed by atoms with van der Waals surface area (Å²) in [5.74, 6) is 0.489. The molecule has 32 heavy (non-hydrogen) atoms. The zero-order chi connectivity index (χ0) is 22.9. The quantitative estimate of drug-likeness (QED) is 0.529. The van der Waals surface area contributed by atoms with Crippen molar-refractivity contribution >= 4 is 5.97 Å². The van der Waals surface area contributed by atoms with E-state index in [2.05, 4.69) is 23.1 Å². The van der Waals surface area contributed by atoms with E-state index in [0.29, 0.717) is 26.1 Å². The van der Waals surface area contributed by atoms with Gasteiger partial charge in [-0.05, 0) is 63.4 Å². The van der Waals surface area contributed by atoms with Crippen LogP contribution >= 0.6 is 0 Å². The van der Waals surface area contributed by atoms with Crippen LogP contribution in [0.2, 0.25) is 0 Å². The van der Waals surface area contributed by atoms with Crippen LogP contribution in [0.5, 0.6) is 5.75 Å². The highest BCUT2D eigenvalue weighted by atomic mass is 16.5. The summed E-state index contributed by atoms with van der Waals surface area (Å²) in [6.07, 6.45) is 1.64. The number of carbonyl (C=O) groups excluding carboxylic acids is 1. The highest BCUT2D eigenvalue weighted by Crippen LogP contribution is 2.35. The number of likely N-dealkylation sites (tertiary alicyclic amines) is 1. The molecule has 1 saturated heterocycles. The van der Waals surface area contributed by atoms with Crippen molar-refractivity contribution in [3.63, 3.8) is 0 Å². The van der Waals surface area contributed by atoms with Crippen molar-refractivity contribution in [3.8, 4) is 11.8 Å². The van der Waals surface area contributed by atoms with Crippen molar-refractivity contribution in [3.05, 3.63) is 65.7 Å². The van der Waals surface area contributed by atoms with Gasteiger partial charge in [0.15, 0.2) is 0 Å². The molecule has 0 saturated carbocycles. The number of ether oxygens (including phenoxy) is 2. The molecule has 0 spiro atoms. The summed E-state index contributed by atoms with van der Waals surface area (Å²) in [4.78, 5) is 14.9. The second-order valence-electron chi connectivity index (χ2n) is 8.77. The second-order valence-corrected chi connectivity index (χ2v) is 8.77. The molecule has 1 fully saturated rings. The number of hydrogen-bond donors (Lipinski definition) is 0.